The molecule has 3 aromatic heterocycles. The molecule has 0 bridgehead atoms. The zero-order valence-electron chi connectivity index (χ0n) is 22.2. The van der Waals surface area contributed by atoms with Crippen LogP contribution in [0.25, 0.3) is 23.0 Å². The Morgan fingerprint density at radius 2 is 1.67 bits per heavy atom. The summed E-state index contributed by atoms with van der Waals surface area (Å²) in [6.45, 7) is 6.66. The second-order valence-corrected chi connectivity index (χ2v) is 10.1. The normalized spacial score (nSPS) is 14.2. The van der Waals surface area contributed by atoms with Gasteiger partial charge >= 0.3 is 0 Å². The van der Waals surface area contributed by atoms with Gasteiger partial charge in [-0.15, -0.1) is 0 Å². The highest BCUT2D eigenvalue weighted by atomic mass is 16.5. The topological polar surface area (TPSA) is 85.2 Å². The summed E-state index contributed by atoms with van der Waals surface area (Å²) in [7, 11) is 2.09. The number of benzene rings is 2. The summed E-state index contributed by atoms with van der Waals surface area (Å²) in [5, 5.41) is 8.91. The molecular weight excluding hydrogens is 490 g/mol. The maximum Gasteiger partial charge on any atom is 0.278 e. The van der Waals surface area contributed by atoms with Gasteiger partial charge in [0, 0.05) is 61.9 Å². The predicted octanol–water partition coefficient (Wildman–Crippen LogP) is 4.19. The van der Waals surface area contributed by atoms with Crippen LogP contribution >= 0.6 is 0 Å². The highest BCUT2D eigenvalue weighted by Gasteiger charge is 2.21. The number of amides is 1. The van der Waals surface area contributed by atoms with Crippen molar-refractivity contribution in [2.24, 2.45) is 0 Å². The lowest BCUT2D eigenvalue weighted by Gasteiger charge is -2.32. The Morgan fingerprint density at radius 1 is 0.897 bits per heavy atom. The lowest BCUT2D eigenvalue weighted by Crippen LogP contribution is -2.47. The Kier molecular flexibility index (Phi) is 6.81. The van der Waals surface area contributed by atoms with Crippen molar-refractivity contribution in [3.8, 4) is 23.0 Å². The average Bonchev–Trinajstić information content (AvgIpc) is 3.72. The zero-order valence-corrected chi connectivity index (χ0v) is 22.2. The molecule has 1 aliphatic rings. The summed E-state index contributed by atoms with van der Waals surface area (Å²) in [6, 6.07) is 22.0. The quantitative estimate of drug-likeness (QED) is 0.319. The number of carbonyl (C=O) groups is 1. The molecular formula is C30H31N7O2. The molecule has 4 heterocycles. The molecule has 0 saturated carbocycles. The van der Waals surface area contributed by atoms with Gasteiger partial charge in [0.15, 0.2) is 5.69 Å². The van der Waals surface area contributed by atoms with E-state index in [4.69, 9.17) is 9.62 Å². The molecule has 0 aliphatic carbocycles. The van der Waals surface area contributed by atoms with E-state index in [1.165, 1.54) is 5.56 Å². The Hall–Kier alpha value is -4.50. The Bertz CT molecular complexity index is 1560. The molecule has 0 radical (unpaired) electrons. The summed E-state index contributed by atoms with van der Waals surface area (Å²) in [6.07, 6.45) is 4.09. The van der Waals surface area contributed by atoms with Crippen molar-refractivity contribution in [3.05, 3.63) is 102 Å². The van der Waals surface area contributed by atoms with E-state index in [1.54, 1.807) is 0 Å². The molecule has 9 heteroatoms. The number of hydrogen-bond acceptors (Lipinski definition) is 6. The van der Waals surface area contributed by atoms with Gasteiger partial charge in [-0.1, -0.05) is 41.6 Å². The van der Waals surface area contributed by atoms with E-state index in [2.05, 4.69) is 38.8 Å². The average molecular weight is 522 g/mol. The van der Waals surface area contributed by atoms with Crippen LogP contribution < -0.4 is 0 Å². The van der Waals surface area contributed by atoms with Crippen LogP contribution in [0.3, 0.4) is 0 Å². The van der Waals surface area contributed by atoms with E-state index >= 15 is 0 Å². The molecule has 0 unspecified atom stereocenters. The predicted molar refractivity (Wildman–Crippen MR) is 148 cm³/mol. The SMILES string of the molecule is Cc1cc(-c2nc(-c3ccc(Cn4cccc4)cc3)no2)nn1Cc1cccc(C(=O)N2CCN(C)CC2)c1. The van der Waals surface area contributed by atoms with E-state index in [9.17, 15) is 4.79 Å². The second kappa shape index (κ2) is 10.7. The minimum Gasteiger partial charge on any atom is -0.350 e. The number of likely N-dealkylation sites (N-methyl/N-ethyl adjacent to an activating group) is 1. The van der Waals surface area contributed by atoms with Crippen LogP contribution in [0.15, 0.2) is 83.6 Å². The number of hydrogen-bond donors (Lipinski definition) is 0. The number of aromatic nitrogens is 5. The number of nitrogens with zero attached hydrogens (tertiary/aromatic N) is 7. The zero-order chi connectivity index (χ0) is 26.8. The summed E-state index contributed by atoms with van der Waals surface area (Å²) in [4.78, 5) is 21.8. The summed E-state index contributed by atoms with van der Waals surface area (Å²) >= 11 is 0. The lowest BCUT2D eigenvalue weighted by atomic mass is 10.1. The number of rotatable bonds is 7. The van der Waals surface area contributed by atoms with Gasteiger partial charge in [0.2, 0.25) is 5.82 Å². The largest absolute Gasteiger partial charge is 0.350 e. The highest BCUT2D eigenvalue weighted by molar-refractivity contribution is 5.94. The van der Waals surface area contributed by atoms with Crippen LogP contribution in [0.2, 0.25) is 0 Å². The van der Waals surface area contributed by atoms with Gasteiger partial charge in [-0.05, 0) is 55.4 Å². The molecule has 0 N–H and O–H groups in total. The molecule has 198 valence electrons. The third-order valence-corrected chi connectivity index (χ3v) is 7.17. The van der Waals surface area contributed by atoms with Crippen LogP contribution in [0.5, 0.6) is 0 Å². The summed E-state index contributed by atoms with van der Waals surface area (Å²) in [5.74, 6) is 0.987. The Balaban J connectivity index is 1.14. The maximum absolute atomic E-state index is 13.0. The van der Waals surface area contributed by atoms with Crippen molar-refractivity contribution in [1.29, 1.82) is 0 Å². The molecule has 6 rings (SSSR count). The third-order valence-electron chi connectivity index (χ3n) is 7.17. The van der Waals surface area contributed by atoms with E-state index in [0.29, 0.717) is 29.5 Å². The van der Waals surface area contributed by atoms with E-state index in [0.717, 1.165) is 49.5 Å². The van der Waals surface area contributed by atoms with Crippen LogP contribution in [0, 0.1) is 6.92 Å². The number of aryl methyl sites for hydroxylation is 1. The monoisotopic (exact) mass is 521 g/mol. The van der Waals surface area contributed by atoms with E-state index in [-0.39, 0.29) is 5.91 Å². The molecule has 2 aromatic carbocycles. The molecule has 5 aromatic rings. The van der Waals surface area contributed by atoms with Crippen molar-refractivity contribution in [2.45, 2.75) is 20.0 Å². The fourth-order valence-electron chi connectivity index (χ4n) is 4.83. The first-order valence-electron chi connectivity index (χ1n) is 13.2. The standard InChI is InChI=1S/C30H31N7O2/c1-22-18-27(29-31-28(33-39-29)25-10-8-23(9-11-25)20-35-12-3-4-13-35)32-37(22)21-24-6-5-7-26(19-24)30(38)36-16-14-34(2)15-17-36/h3-13,18-19H,14-17,20-21H2,1-2H3. The molecule has 0 spiro atoms. The van der Waals surface area contributed by atoms with Crippen molar-refractivity contribution in [3.63, 3.8) is 0 Å². The van der Waals surface area contributed by atoms with E-state index in [1.807, 2.05) is 83.5 Å². The molecule has 0 atom stereocenters. The number of piperazine rings is 1. The first-order chi connectivity index (χ1) is 19.0. The smallest absolute Gasteiger partial charge is 0.278 e. The molecule has 1 saturated heterocycles. The fraction of sp³-hybridized carbons (Fsp3) is 0.267. The van der Waals surface area contributed by atoms with Gasteiger partial charge in [0.25, 0.3) is 11.8 Å². The first kappa shape index (κ1) is 24.8. The van der Waals surface area contributed by atoms with Crippen molar-refractivity contribution in [2.75, 3.05) is 33.2 Å². The van der Waals surface area contributed by atoms with Crippen molar-refractivity contribution < 1.29 is 9.32 Å². The van der Waals surface area contributed by atoms with Gasteiger partial charge in [0.05, 0.1) is 6.54 Å². The molecule has 1 amide bonds. The summed E-state index contributed by atoms with van der Waals surface area (Å²) < 4.78 is 9.59. The molecule has 9 nitrogen and oxygen atoms in total. The highest BCUT2D eigenvalue weighted by Crippen LogP contribution is 2.23. The van der Waals surface area contributed by atoms with Crippen molar-refractivity contribution >= 4 is 5.91 Å². The third kappa shape index (κ3) is 5.53. The van der Waals surface area contributed by atoms with Crippen LogP contribution in [0.1, 0.15) is 27.2 Å². The van der Waals surface area contributed by atoms with Gasteiger partial charge in [-0.3, -0.25) is 9.48 Å². The van der Waals surface area contributed by atoms with Gasteiger partial charge in [-0.2, -0.15) is 10.1 Å². The fourth-order valence-corrected chi connectivity index (χ4v) is 4.83. The molecule has 1 fully saturated rings. The van der Waals surface area contributed by atoms with Gasteiger partial charge < -0.3 is 18.9 Å². The lowest BCUT2D eigenvalue weighted by molar-refractivity contribution is 0.0664. The Labute approximate surface area is 227 Å². The van der Waals surface area contributed by atoms with Gasteiger partial charge in [-0.25, -0.2) is 0 Å². The second-order valence-electron chi connectivity index (χ2n) is 10.1. The van der Waals surface area contributed by atoms with Crippen LogP contribution in [-0.4, -0.2) is 73.4 Å². The minimum atomic E-state index is 0.0824. The van der Waals surface area contributed by atoms with Crippen LogP contribution in [0.4, 0.5) is 0 Å². The van der Waals surface area contributed by atoms with Gasteiger partial charge in [0.1, 0.15) is 0 Å². The summed E-state index contributed by atoms with van der Waals surface area (Å²) in [5.41, 5.74) is 5.40. The maximum atomic E-state index is 13.0. The minimum absolute atomic E-state index is 0.0824. The molecule has 1 aliphatic heterocycles. The van der Waals surface area contributed by atoms with Crippen LogP contribution in [-0.2, 0) is 13.1 Å². The first-order valence-corrected chi connectivity index (χ1v) is 13.2. The Morgan fingerprint density at radius 3 is 2.44 bits per heavy atom. The number of carbonyl (C=O) groups excluding carboxylic acids is 1. The van der Waals surface area contributed by atoms with Crippen molar-refractivity contribution in [1.82, 2.24) is 34.3 Å². The van der Waals surface area contributed by atoms with E-state index < -0.39 is 0 Å². The molecule has 39 heavy (non-hydrogen) atoms.